The maximum atomic E-state index is 13.0. The van der Waals surface area contributed by atoms with Crippen molar-refractivity contribution in [3.8, 4) is 11.5 Å². The fourth-order valence-corrected chi connectivity index (χ4v) is 5.08. The van der Waals surface area contributed by atoms with Gasteiger partial charge in [-0.3, -0.25) is 4.79 Å². The van der Waals surface area contributed by atoms with Crippen molar-refractivity contribution in [1.82, 2.24) is 5.32 Å². The van der Waals surface area contributed by atoms with E-state index in [9.17, 15) is 4.79 Å². The number of carbonyl (C=O) groups is 1. The number of benzene rings is 1. The first-order chi connectivity index (χ1) is 13.2. The van der Waals surface area contributed by atoms with Crippen LogP contribution in [0, 0.1) is 11.3 Å². The molecular formula is C23H31NO3S. The van der Waals surface area contributed by atoms with E-state index in [1.807, 2.05) is 30.5 Å². The Bertz CT molecular complexity index is 850. The van der Waals surface area contributed by atoms with Crippen molar-refractivity contribution in [2.75, 3.05) is 14.2 Å². The molecule has 3 rings (SSSR count). The standard InChI is InChI=1S/C23H31NO3S/c1-14(15-7-10-19(26-5)20(11-15)27-6)24-22(25)18-13-28-21-12-16(23(2,3)4)8-9-17(18)21/h7,10-11,13-14,16H,8-9,12H2,1-6H3,(H,24,25)/t14-,16-/m1/s1. The van der Waals surface area contributed by atoms with Gasteiger partial charge in [0, 0.05) is 10.3 Å². The van der Waals surface area contributed by atoms with Gasteiger partial charge in [-0.25, -0.2) is 0 Å². The maximum Gasteiger partial charge on any atom is 0.252 e. The average Bonchev–Trinajstić information content (AvgIpc) is 3.10. The smallest absolute Gasteiger partial charge is 0.252 e. The number of nitrogens with one attached hydrogen (secondary N) is 1. The monoisotopic (exact) mass is 401 g/mol. The molecule has 1 amide bonds. The van der Waals surface area contributed by atoms with Gasteiger partial charge in [0.1, 0.15) is 0 Å². The second-order valence-corrected chi connectivity index (χ2v) is 9.63. The van der Waals surface area contributed by atoms with E-state index in [-0.39, 0.29) is 11.9 Å². The number of hydrogen-bond donors (Lipinski definition) is 1. The molecule has 2 aromatic rings. The summed E-state index contributed by atoms with van der Waals surface area (Å²) in [5, 5.41) is 5.18. The predicted octanol–water partition coefficient (Wildman–Crippen LogP) is 5.41. The van der Waals surface area contributed by atoms with Crippen LogP contribution < -0.4 is 14.8 Å². The number of ether oxygens (including phenoxy) is 2. The van der Waals surface area contributed by atoms with Gasteiger partial charge in [-0.2, -0.15) is 0 Å². The third-order valence-corrected chi connectivity index (χ3v) is 6.93. The van der Waals surface area contributed by atoms with Crippen LogP contribution in [0.4, 0.5) is 0 Å². The van der Waals surface area contributed by atoms with Gasteiger partial charge in [0.2, 0.25) is 0 Å². The van der Waals surface area contributed by atoms with Gasteiger partial charge >= 0.3 is 0 Å². The third-order valence-electron chi connectivity index (χ3n) is 5.88. The topological polar surface area (TPSA) is 47.6 Å². The number of amides is 1. The van der Waals surface area contributed by atoms with Crippen LogP contribution in [0.15, 0.2) is 23.6 Å². The van der Waals surface area contributed by atoms with Gasteiger partial charge in [-0.15, -0.1) is 11.3 Å². The lowest BCUT2D eigenvalue weighted by Crippen LogP contribution is -2.29. The van der Waals surface area contributed by atoms with E-state index in [0.717, 1.165) is 30.4 Å². The normalized spacial score (nSPS) is 17.6. The van der Waals surface area contributed by atoms with Crippen LogP contribution >= 0.6 is 11.3 Å². The Labute approximate surface area is 172 Å². The van der Waals surface area contributed by atoms with Crippen LogP contribution in [0.1, 0.15) is 66.5 Å². The zero-order valence-electron chi connectivity index (χ0n) is 17.7. The van der Waals surface area contributed by atoms with Crippen LogP contribution in [0.5, 0.6) is 11.5 Å². The molecule has 0 bridgehead atoms. The molecule has 0 saturated heterocycles. The van der Waals surface area contributed by atoms with Crippen LogP contribution in [-0.2, 0) is 12.8 Å². The molecule has 0 unspecified atom stereocenters. The molecule has 1 N–H and O–H groups in total. The SMILES string of the molecule is COc1ccc([C@@H](C)NC(=O)c2csc3c2CC[C@@H](C(C)(C)C)C3)cc1OC. The molecule has 4 nitrogen and oxygen atoms in total. The van der Waals surface area contributed by atoms with Gasteiger partial charge in [0.25, 0.3) is 5.91 Å². The molecule has 0 spiro atoms. The van der Waals surface area contributed by atoms with Crippen LogP contribution in [0.3, 0.4) is 0 Å². The van der Waals surface area contributed by atoms with E-state index in [2.05, 4.69) is 26.1 Å². The lowest BCUT2D eigenvalue weighted by Gasteiger charge is -2.34. The number of hydrogen-bond acceptors (Lipinski definition) is 4. The molecule has 0 fully saturated rings. The average molecular weight is 402 g/mol. The molecule has 1 aromatic carbocycles. The highest BCUT2D eigenvalue weighted by Crippen LogP contribution is 2.40. The van der Waals surface area contributed by atoms with E-state index in [4.69, 9.17) is 9.47 Å². The molecule has 5 heteroatoms. The Balaban J connectivity index is 1.73. The molecule has 0 radical (unpaired) electrons. The molecule has 0 aliphatic heterocycles. The summed E-state index contributed by atoms with van der Waals surface area (Å²) in [6, 6.07) is 5.63. The van der Waals surface area contributed by atoms with Gasteiger partial charge in [-0.05, 0) is 60.8 Å². The lowest BCUT2D eigenvalue weighted by molar-refractivity contribution is 0.0938. The summed E-state index contributed by atoms with van der Waals surface area (Å²) in [5.41, 5.74) is 3.40. The first-order valence-corrected chi connectivity index (χ1v) is 10.7. The molecule has 1 heterocycles. The largest absolute Gasteiger partial charge is 0.493 e. The highest BCUT2D eigenvalue weighted by atomic mass is 32.1. The van der Waals surface area contributed by atoms with Crippen LogP contribution in [-0.4, -0.2) is 20.1 Å². The van der Waals surface area contributed by atoms with E-state index in [1.165, 1.54) is 10.4 Å². The van der Waals surface area contributed by atoms with E-state index < -0.39 is 0 Å². The fraction of sp³-hybridized carbons (Fsp3) is 0.522. The van der Waals surface area contributed by atoms with Crippen molar-refractivity contribution in [3.05, 3.63) is 45.1 Å². The summed E-state index contributed by atoms with van der Waals surface area (Å²) in [5.74, 6) is 2.04. The van der Waals surface area contributed by atoms with Crippen LogP contribution in [0.25, 0.3) is 0 Å². The molecule has 1 aliphatic carbocycles. The van der Waals surface area contributed by atoms with E-state index >= 15 is 0 Å². The number of rotatable bonds is 5. The molecule has 1 aliphatic rings. The summed E-state index contributed by atoms with van der Waals surface area (Å²) in [6.45, 7) is 8.94. The van der Waals surface area contributed by atoms with Crippen LogP contribution in [0.2, 0.25) is 0 Å². The Morgan fingerprint density at radius 1 is 1.21 bits per heavy atom. The minimum atomic E-state index is -0.117. The molecule has 1 aromatic heterocycles. The van der Waals surface area contributed by atoms with E-state index in [0.29, 0.717) is 22.8 Å². The van der Waals surface area contributed by atoms with Crippen molar-refractivity contribution < 1.29 is 14.3 Å². The van der Waals surface area contributed by atoms with Gasteiger partial charge in [0.05, 0.1) is 25.8 Å². The van der Waals surface area contributed by atoms with Gasteiger partial charge in [-0.1, -0.05) is 26.8 Å². The number of carbonyl (C=O) groups excluding carboxylic acids is 1. The minimum Gasteiger partial charge on any atom is -0.493 e. The molecule has 0 saturated carbocycles. The zero-order chi connectivity index (χ0) is 20.5. The summed E-state index contributed by atoms with van der Waals surface area (Å²) in [6.07, 6.45) is 3.23. The summed E-state index contributed by atoms with van der Waals surface area (Å²) in [4.78, 5) is 14.3. The molecule has 152 valence electrons. The first-order valence-electron chi connectivity index (χ1n) is 9.86. The Kier molecular flexibility index (Phi) is 6.04. The number of methoxy groups -OCH3 is 2. The zero-order valence-corrected chi connectivity index (χ0v) is 18.5. The van der Waals surface area contributed by atoms with Gasteiger partial charge < -0.3 is 14.8 Å². The molecule has 2 atom stereocenters. The fourth-order valence-electron chi connectivity index (χ4n) is 3.92. The second kappa shape index (κ2) is 8.16. The van der Waals surface area contributed by atoms with Crippen molar-refractivity contribution in [1.29, 1.82) is 0 Å². The quantitative estimate of drug-likeness (QED) is 0.729. The van der Waals surface area contributed by atoms with Gasteiger partial charge in [0.15, 0.2) is 11.5 Å². The summed E-state index contributed by atoms with van der Waals surface area (Å²) < 4.78 is 10.7. The Hall–Kier alpha value is -2.01. The minimum absolute atomic E-state index is 0.00833. The summed E-state index contributed by atoms with van der Waals surface area (Å²) >= 11 is 1.74. The van der Waals surface area contributed by atoms with Crippen molar-refractivity contribution in [2.45, 2.75) is 53.0 Å². The van der Waals surface area contributed by atoms with Crippen molar-refractivity contribution in [3.63, 3.8) is 0 Å². The Morgan fingerprint density at radius 2 is 1.93 bits per heavy atom. The predicted molar refractivity (Wildman–Crippen MR) is 115 cm³/mol. The third kappa shape index (κ3) is 4.19. The van der Waals surface area contributed by atoms with Crippen molar-refractivity contribution >= 4 is 17.2 Å². The lowest BCUT2D eigenvalue weighted by atomic mass is 9.72. The first kappa shape index (κ1) is 20.7. The Morgan fingerprint density at radius 3 is 2.57 bits per heavy atom. The number of fused-ring (bicyclic) bond motifs is 1. The molecule has 28 heavy (non-hydrogen) atoms. The van der Waals surface area contributed by atoms with Crippen molar-refractivity contribution in [2.24, 2.45) is 11.3 Å². The second-order valence-electron chi connectivity index (χ2n) is 8.67. The highest BCUT2D eigenvalue weighted by molar-refractivity contribution is 7.10. The van der Waals surface area contributed by atoms with E-state index in [1.54, 1.807) is 25.6 Å². The highest BCUT2D eigenvalue weighted by Gasteiger charge is 2.31. The molecular weight excluding hydrogens is 370 g/mol. The maximum absolute atomic E-state index is 13.0. The number of thiophene rings is 1. The summed E-state index contributed by atoms with van der Waals surface area (Å²) in [7, 11) is 3.24.